The first-order chi connectivity index (χ1) is 9.29. The van der Waals surface area contributed by atoms with Gasteiger partial charge in [-0.3, -0.25) is 0 Å². The summed E-state index contributed by atoms with van der Waals surface area (Å²) in [5, 5.41) is 0.341. The lowest BCUT2D eigenvalue weighted by molar-refractivity contribution is -0.317. The second-order valence-electron chi connectivity index (χ2n) is 4.05. The van der Waals surface area contributed by atoms with Crippen LogP contribution in [0.1, 0.15) is 13.0 Å². The van der Waals surface area contributed by atoms with Crippen molar-refractivity contribution in [2.24, 2.45) is 0 Å². The van der Waals surface area contributed by atoms with E-state index in [1.165, 1.54) is 6.33 Å². The zero-order chi connectivity index (χ0) is 13.2. The Morgan fingerprint density at radius 3 is 2.89 bits per heavy atom. The van der Waals surface area contributed by atoms with Gasteiger partial charge >= 0.3 is 0 Å². The SMILES string of the molecule is CCOC1OCC(n2cnc3c(Cl)ncnc32)CO1. The van der Waals surface area contributed by atoms with E-state index in [0.717, 1.165) is 0 Å². The number of hydrogen-bond donors (Lipinski definition) is 0. The maximum absolute atomic E-state index is 5.96. The molecule has 1 aliphatic heterocycles. The molecular weight excluding hydrogens is 272 g/mol. The standard InChI is InChI=1S/C11H13ClN4O3/c1-2-17-11-18-3-7(4-19-11)16-6-15-8-9(12)13-5-14-10(8)16/h5-7,11H,2-4H2,1H3. The first-order valence-electron chi connectivity index (χ1n) is 5.97. The maximum atomic E-state index is 5.96. The lowest BCUT2D eigenvalue weighted by Gasteiger charge is -2.29. The number of fused-ring (bicyclic) bond motifs is 1. The number of hydrogen-bond acceptors (Lipinski definition) is 6. The van der Waals surface area contributed by atoms with Crippen molar-refractivity contribution in [1.29, 1.82) is 0 Å². The number of rotatable bonds is 3. The molecule has 0 atom stereocenters. The summed E-state index contributed by atoms with van der Waals surface area (Å²) in [5.41, 5.74) is 1.25. The van der Waals surface area contributed by atoms with Crippen LogP contribution in [0, 0.1) is 0 Å². The van der Waals surface area contributed by atoms with Crippen molar-refractivity contribution >= 4 is 22.8 Å². The van der Waals surface area contributed by atoms with E-state index in [4.69, 9.17) is 25.8 Å². The van der Waals surface area contributed by atoms with Crippen LogP contribution in [0.2, 0.25) is 5.15 Å². The van der Waals surface area contributed by atoms with Crippen LogP contribution < -0.4 is 0 Å². The third-order valence-electron chi connectivity index (χ3n) is 2.86. The number of halogens is 1. The largest absolute Gasteiger partial charge is 0.330 e. The second-order valence-corrected chi connectivity index (χ2v) is 4.41. The summed E-state index contributed by atoms with van der Waals surface area (Å²) in [4.78, 5) is 12.3. The lowest BCUT2D eigenvalue weighted by atomic mass is 10.3. The zero-order valence-electron chi connectivity index (χ0n) is 10.3. The highest BCUT2D eigenvalue weighted by atomic mass is 35.5. The Bertz CT molecular complexity index is 568. The highest BCUT2D eigenvalue weighted by Gasteiger charge is 2.25. The van der Waals surface area contributed by atoms with E-state index in [0.29, 0.717) is 36.1 Å². The molecule has 102 valence electrons. The minimum Gasteiger partial charge on any atom is -0.330 e. The van der Waals surface area contributed by atoms with E-state index >= 15 is 0 Å². The Labute approximate surface area is 114 Å². The lowest BCUT2D eigenvalue weighted by Crippen LogP contribution is -2.35. The highest BCUT2D eigenvalue weighted by Crippen LogP contribution is 2.23. The van der Waals surface area contributed by atoms with Gasteiger partial charge in [-0.2, -0.15) is 0 Å². The molecule has 0 aliphatic carbocycles. The van der Waals surface area contributed by atoms with Gasteiger partial charge in [-0.25, -0.2) is 15.0 Å². The van der Waals surface area contributed by atoms with Crippen molar-refractivity contribution in [3.05, 3.63) is 17.8 Å². The van der Waals surface area contributed by atoms with E-state index in [9.17, 15) is 0 Å². The van der Waals surface area contributed by atoms with Crippen molar-refractivity contribution in [2.75, 3.05) is 19.8 Å². The molecule has 2 aromatic rings. The number of aromatic nitrogens is 4. The van der Waals surface area contributed by atoms with E-state index in [-0.39, 0.29) is 6.04 Å². The van der Waals surface area contributed by atoms with Crippen LogP contribution in [0.25, 0.3) is 11.2 Å². The van der Waals surface area contributed by atoms with Crippen molar-refractivity contribution in [3.63, 3.8) is 0 Å². The summed E-state index contributed by atoms with van der Waals surface area (Å²) in [6, 6.07) is -0.00678. The molecule has 1 fully saturated rings. The van der Waals surface area contributed by atoms with Gasteiger partial charge in [-0.15, -0.1) is 0 Å². The fourth-order valence-electron chi connectivity index (χ4n) is 1.96. The summed E-state index contributed by atoms with van der Waals surface area (Å²) in [6.45, 7) is 2.79. The smallest absolute Gasteiger partial charge is 0.271 e. The van der Waals surface area contributed by atoms with Crippen LogP contribution in [0.3, 0.4) is 0 Å². The topological polar surface area (TPSA) is 71.3 Å². The van der Waals surface area contributed by atoms with E-state index in [1.807, 2.05) is 11.5 Å². The van der Waals surface area contributed by atoms with Crippen LogP contribution in [0.4, 0.5) is 0 Å². The molecule has 0 unspecified atom stereocenters. The zero-order valence-corrected chi connectivity index (χ0v) is 11.1. The predicted molar refractivity (Wildman–Crippen MR) is 66.7 cm³/mol. The summed E-state index contributed by atoms with van der Waals surface area (Å²) >= 11 is 5.96. The molecule has 19 heavy (non-hydrogen) atoms. The Morgan fingerprint density at radius 2 is 2.16 bits per heavy atom. The summed E-state index contributed by atoms with van der Waals surface area (Å²) < 4.78 is 18.0. The molecule has 2 aromatic heterocycles. The fraction of sp³-hybridized carbons (Fsp3) is 0.545. The normalized spacial score (nSPS) is 23.9. The summed E-state index contributed by atoms with van der Waals surface area (Å²) in [7, 11) is 0. The summed E-state index contributed by atoms with van der Waals surface area (Å²) in [6.07, 6.45) is 3.08. The van der Waals surface area contributed by atoms with Gasteiger partial charge < -0.3 is 18.8 Å². The van der Waals surface area contributed by atoms with Crippen LogP contribution in [0.5, 0.6) is 0 Å². The van der Waals surface area contributed by atoms with Crippen molar-refractivity contribution < 1.29 is 14.2 Å². The number of nitrogens with zero attached hydrogens (tertiary/aromatic N) is 4. The molecule has 7 nitrogen and oxygen atoms in total. The van der Waals surface area contributed by atoms with Gasteiger partial charge in [-0.1, -0.05) is 11.6 Å². The van der Waals surface area contributed by atoms with E-state index < -0.39 is 6.48 Å². The molecular formula is C11H13ClN4O3. The monoisotopic (exact) mass is 284 g/mol. The molecule has 3 rings (SSSR count). The molecule has 0 spiro atoms. The van der Waals surface area contributed by atoms with Crippen LogP contribution >= 0.6 is 11.6 Å². The Morgan fingerprint density at radius 1 is 1.37 bits per heavy atom. The Hall–Kier alpha value is -1.28. The van der Waals surface area contributed by atoms with E-state index in [2.05, 4.69) is 15.0 Å². The number of imidazole rings is 1. The fourth-order valence-corrected chi connectivity index (χ4v) is 2.14. The molecule has 8 heteroatoms. The van der Waals surface area contributed by atoms with Crippen molar-refractivity contribution in [1.82, 2.24) is 19.5 Å². The minimum absolute atomic E-state index is 0.00678. The quantitative estimate of drug-likeness (QED) is 0.793. The molecule has 1 saturated heterocycles. The summed E-state index contributed by atoms with van der Waals surface area (Å²) in [5.74, 6) is 0. The third-order valence-corrected chi connectivity index (χ3v) is 3.14. The van der Waals surface area contributed by atoms with Crippen LogP contribution in [-0.2, 0) is 14.2 Å². The highest BCUT2D eigenvalue weighted by molar-refractivity contribution is 6.33. The van der Waals surface area contributed by atoms with Gasteiger partial charge in [0.15, 0.2) is 10.8 Å². The molecule has 0 aromatic carbocycles. The maximum Gasteiger partial charge on any atom is 0.271 e. The van der Waals surface area contributed by atoms with Crippen molar-refractivity contribution in [3.8, 4) is 0 Å². The predicted octanol–water partition coefficient (Wildman–Crippen LogP) is 1.39. The van der Waals surface area contributed by atoms with Gasteiger partial charge in [-0.05, 0) is 6.92 Å². The van der Waals surface area contributed by atoms with Gasteiger partial charge in [0.1, 0.15) is 11.8 Å². The second kappa shape index (κ2) is 5.38. The van der Waals surface area contributed by atoms with Crippen LogP contribution in [0.15, 0.2) is 12.7 Å². The minimum atomic E-state index is -0.589. The molecule has 3 heterocycles. The molecule has 0 saturated carbocycles. The van der Waals surface area contributed by atoms with Gasteiger partial charge in [0, 0.05) is 6.61 Å². The average Bonchev–Trinajstić information content (AvgIpc) is 2.85. The Kier molecular flexibility index (Phi) is 3.61. The van der Waals surface area contributed by atoms with Crippen LogP contribution in [-0.4, -0.2) is 45.8 Å². The molecule has 0 radical (unpaired) electrons. The molecule has 0 amide bonds. The molecule has 0 N–H and O–H groups in total. The van der Waals surface area contributed by atoms with E-state index in [1.54, 1.807) is 6.33 Å². The Balaban J connectivity index is 1.80. The molecule has 0 bridgehead atoms. The third kappa shape index (κ3) is 2.42. The first kappa shape index (κ1) is 12.7. The van der Waals surface area contributed by atoms with Gasteiger partial charge in [0.2, 0.25) is 0 Å². The van der Waals surface area contributed by atoms with Crippen molar-refractivity contribution in [2.45, 2.75) is 19.4 Å². The average molecular weight is 285 g/mol. The molecule has 1 aliphatic rings. The van der Waals surface area contributed by atoms with Gasteiger partial charge in [0.05, 0.1) is 25.6 Å². The number of ether oxygens (including phenoxy) is 3. The first-order valence-corrected chi connectivity index (χ1v) is 6.35. The van der Waals surface area contributed by atoms with Gasteiger partial charge in [0.25, 0.3) is 6.48 Å².